The Morgan fingerprint density at radius 1 is 1.21 bits per heavy atom. The zero-order valence-corrected chi connectivity index (χ0v) is 8.96. The van der Waals surface area contributed by atoms with E-state index in [1.54, 1.807) is 0 Å². The Bertz CT molecular complexity index is 162. The van der Waals surface area contributed by atoms with Crippen LogP contribution in [0.15, 0.2) is 0 Å². The van der Waals surface area contributed by atoms with Crippen molar-refractivity contribution in [1.29, 1.82) is 0 Å². The van der Waals surface area contributed by atoms with Gasteiger partial charge in [0.15, 0.2) is 5.79 Å². The molecule has 0 amide bonds. The summed E-state index contributed by atoms with van der Waals surface area (Å²) >= 11 is 0. The van der Waals surface area contributed by atoms with E-state index in [4.69, 9.17) is 9.47 Å². The highest BCUT2D eigenvalue weighted by atomic mass is 16.7. The Hall–Kier alpha value is -0.410. The maximum absolute atomic E-state index is 10.1. The van der Waals surface area contributed by atoms with Gasteiger partial charge in [0.05, 0.1) is 13.2 Å². The van der Waals surface area contributed by atoms with E-state index in [9.17, 15) is 4.79 Å². The number of carbonyl (C=O) groups excluding carboxylic acids is 1. The summed E-state index contributed by atoms with van der Waals surface area (Å²) in [6, 6.07) is 0. The zero-order valence-electron chi connectivity index (χ0n) is 8.96. The number of carbonyl (C=O) groups is 1. The lowest BCUT2D eigenvalue weighted by molar-refractivity contribution is -0.164. The van der Waals surface area contributed by atoms with Crippen LogP contribution in [0.25, 0.3) is 0 Å². The van der Waals surface area contributed by atoms with Crippen molar-refractivity contribution in [2.24, 2.45) is 0 Å². The first kappa shape index (κ1) is 11.7. The number of ether oxygens (including phenoxy) is 2. The van der Waals surface area contributed by atoms with Crippen LogP contribution in [0.5, 0.6) is 0 Å². The summed E-state index contributed by atoms with van der Waals surface area (Å²) in [5.41, 5.74) is 0. The lowest BCUT2D eigenvalue weighted by atomic mass is 10.0. The largest absolute Gasteiger partial charge is 0.348 e. The summed E-state index contributed by atoms with van der Waals surface area (Å²) in [7, 11) is 0. The minimum atomic E-state index is -0.304. The average Bonchev–Trinajstić information content (AvgIpc) is 2.67. The molecular weight excluding hydrogens is 180 g/mol. The predicted molar refractivity (Wildman–Crippen MR) is 54.1 cm³/mol. The number of hydrogen-bond donors (Lipinski definition) is 0. The zero-order chi connectivity index (χ0) is 10.3. The van der Waals surface area contributed by atoms with Crippen molar-refractivity contribution in [3.05, 3.63) is 0 Å². The molecular formula is C11H20O3. The molecule has 0 unspecified atom stereocenters. The molecule has 0 aromatic heterocycles. The van der Waals surface area contributed by atoms with E-state index in [-0.39, 0.29) is 5.79 Å². The van der Waals surface area contributed by atoms with Gasteiger partial charge in [0.2, 0.25) is 0 Å². The minimum absolute atomic E-state index is 0.304. The van der Waals surface area contributed by atoms with Gasteiger partial charge in [-0.2, -0.15) is 0 Å². The Labute approximate surface area is 85.8 Å². The Morgan fingerprint density at radius 2 is 1.93 bits per heavy atom. The van der Waals surface area contributed by atoms with Crippen LogP contribution in [0.4, 0.5) is 0 Å². The number of aldehydes is 1. The summed E-state index contributed by atoms with van der Waals surface area (Å²) in [5, 5.41) is 0. The molecule has 3 nitrogen and oxygen atoms in total. The van der Waals surface area contributed by atoms with Crippen molar-refractivity contribution >= 4 is 6.29 Å². The SMILES string of the molecule is CCC1(CCCCCC=O)OCCO1. The van der Waals surface area contributed by atoms with E-state index in [1.807, 2.05) is 0 Å². The van der Waals surface area contributed by atoms with Gasteiger partial charge in [-0.1, -0.05) is 13.3 Å². The summed E-state index contributed by atoms with van der Waals surface area (Å²) in [4.78, 5) is 10.1. The van der Waals surface area contributed by atoms with Crippen molar-refractivity contribution in [2.45, 2.75) is 51.2 Å². The van der Waals surface area contributed by atoms with E-state index in [0.29, 0.717) is 6.42 Å². The Morgan fingerprint density at radius 3 is 2.50 bits per heavy atom. The molecule has 1 fully saturated rings. The third kappa shape index (κ3) is 3.39. The molecule has 0 spiro atoms. The maximum Gasteiger partial charge on any atom is 0.168 e. The molecule has 1 heterocycles. The van der Waals surface area contributed by atoms with E-state index < -0.39 is 0 Å². The van der Waals surface area contributed by atoms with Crippen molar-refractivity contribution in [2.75, 3.05) is 13.2 Å². The highest BCUT2D eigenvalue weighted by Crippen LogP contribution is 2.29. The first-order chi connectivity index (χ1) is 6.83. The third-order valence-electron chi connectivity index (χ3n) is 2.73. The van der Waals surface area contributed by atoms with Crippen LogP contribution in [-0.2, 0) is 14.3 Å². The lowest BCUT2D eigenvalue weighted by Crippen LogP contribution is -2.28. The van der Waals surface area contributed by atoms with Crippen molar-refractivity contribution in [3.8, 4) is 0 Å². The Kier molecular flexibility index (Phi) is 5.12. The average molecular weight is 200 g/mol. The van der Waals surface area contributed by atoms with Gasteiger partial charge in [0.1, 0.15) is 6.29 Å². The molecule has 0 bridgehead atoms. The summed E-state index contributed by atoms with van der Waals surface area (Å²) < 4.78 is 11.2. The standard InChI is InChI=1S/C11H20O3/c1-2-11(13-9-10-14-11)7-5-3-4-6-8-12/h8H,2-7,9-10H2,1H3. The first-order valence-electron chi connectivity index (χ1n) is 5.54. The molecule has 0 radical (unpaired) electrons. The van der Waals surface area contributed by atoms with Crippen LogP contribution >= 0.6 is 0 Å². The summed E-state index contributed by atoms with van der Waals surface area (Å²) in [5.74, 6) is -0.304. The fraction of sp³-hybridized carbons (Fsp3) is 0.909. The highest BCUT2D eigenvalue weighted by molar-refractivity contribution is 5.48. The van der Waals surface area contributed by atoms with Crippen molar-refractivity contribution in [1.82, 2.24) is 0 Å². The highest BCUT2D eigenvalue weighted by Gasteiger charge is 2.33. The van der Waals surface area contributed by atoms with E-state index >= 15 is 0 Å². The van der Waals surface area contributed by atoms with Gasteiger partial charge in [-0.3, -0.25) is 0 Å². The summed E-state index contributed by atoms with van der Waals surface area (Å²) in [6.07, 6.45) is 6.71. The number of rotatable bonds is 7. The van der Waals surface area contributed by atoms with Crippen LogP contribution < -0.4 is 0 Å². The van der Waals surface area contributed by atoms with Crippen LogP contribution in [0.1, 0.15) is 45.4 Å². The van der Waals surface area contributed by atoms with Crippen LogP contribution in [0.2, 0.25) is 0 Å². The first-order valence-corrected chi connectivity index (χ1v) is 5.54. The van der Waals surface area contributed by atoms with Gasteiger partial charge in [-0.15, -0.1) is 0 Å². The van der Waals surface area contributed by atoms with Gasteiger partial charge in [0, 0.05) is 12.8 Å². The van der Waals surface area contributed by atoms with E-state index in [2.05, 4.69) is 6.92 Å². The van der Waals surface area contributed by atoms with Crippen LogP contribution in [0, 0.1) is 0 Å². The lowest BCUT2D eigenvalue weighted by Gasteiger charge is -2.25. The normalized spacial score (nSPS) is 19.8. The second kappa shape index (κ2) is 6.14. The van der Waals surface area contributed by atoms with Crippen LogP contribution in [-0.4, -0.2) is 25.3 Å². The molecule has 0 aromatic carbocycles. The molecule has 1 aliphatic heterocycles. The van der Waals surface area contributed by atoms with Gasteiger partial charge in [-0.25, -0.2) is 0 Å². The summed E-state index contributed by atoms with van der Waals surface area (Å²) in [6.45, 7) is 3.54. The Balaban J connectivity index is 2.11. The van der Waals surface area contributed by atoms with Gasteiger partial charge in [0.25, 0.3) is 0 Å². The second-order valence-electron chi connectivity index (χ2n) is 3.73. The molecule has 0 atom stereocenters. The van der Waals surface area contributed by atoms with E-state index in [0.717, 1.165) is 51.6 Å². The molecule has 1 rings (SSSR count). The molecule has 0 aromatic rings. The molecule has 0 aliphatic carbocycles. The fourth-order valence-electron chi connectivity index (χ4n) is 1.82. The van der Waals surface area contributed by atoms with Gasteiger partial charge in [-0.05, 0) is 19.3 Å². The van der Waals surface area contributed by atoms with Crippen LogP contribution in [0.3, 0.4) is 0 Å². The molecule has 1 aliphatic rings. The number of unbranched alkanes of at least 4 members (excludes halogenated alkanes) is 3. The maximum atomic E-state index is 10.1. The molecule has 1 saturated heterocycles. The molecule has 14 heavy (non-hydrogen) atoms. The predicted octanol–water partition coefficient (Wildman–Crippen LogP) is 2.29. The minimum Gasteiger partial charge on any atom is -0.348 e. The van der Waals surface area contributed by atoms with Crippen molar-refractivity contribution in [3.63, 3.8) is 0 Å². The molecule has 82 valence electrons. The van der Waals surface area contributed by atoms with Crippen molar-refractivity contribution < 1.29 is 14.3 Å². The molecule has 0 saturated carbocycles. The number of hydrogen-bond acceptors (Lipinski definition) is 3. The van der Waals surface area contributed by atoms with Gasteiger partial charge >= 0.3 is 0 Å². The smallest absolute Gasteiger partial charge is 0.168 e. The quantitative estimate of drug-likeness (QED) is 0.467. The molecule has 0 N–H and O–H groups in total. The molecule has 3 heteroatoms. The fourth-order valence-corrected chi connectivity index (χ4v) is 1.82. The monoisotopic (exact) mass is 200 g/mol. The topological polar surface area (TPSA) is 35.5 Å². The second-order valence-corrected chi connectivity index (χ2v) is 3.73. The van der Waals surface area contributed by atoms with E-state index in [1.165, 1.54) is 0 Å². The third-order valence-corrected chi connectivity index (χ3v) is 2.73. The van der Waals surface area contributed by atoms with Gasteiger partial charge < -0.3 is 14.3 Å².